The molecule has 1 saturated heterocycles. The van der Waals surface area contributed by atoms with Crippen LogP contribution in [0, 0.1) is 11.3 Å². The highest BCUT2D eigenvalue weighted by Gasteiger charge is 2.50. The maximum Gasteiger partial charge on any atom is 0.258 e. The second kappa shape index (κ2) is 7.60. The quantitative estimate of drug-likeness (QED) is 0.688. The third kappa shape index (κ3) is 3.89. The van der Waals surface area contributed by atoms with Crippen LogP contribution >= 0.6 is 0 Å². The molecule has 0 radical (unpaired) electrons. The zero-order chi connectivity index (χ0) is 17.9. The summed E-state index contributed by atoms with van der Waals surface area (Å²) >= 11 is 0. The average Bonchev–Trinajstić information content (AvgIpc) is 2.85. The minimum Gasteiger partial charge on any atom is -0.491 e. The second-order valence-corrected chi connectivity index (χ2v) is 7.52. The summed E-state index contributed by atoms with van der Waals surface area (Å²) in [5.74, 6) is 1.28. The fraction of sp³-hybridized carbons (Fsp3) is 0.684. The van der Waals surface area contributed by atoms with Gasteiger partial charge in [-0.15, -0.1) is 0 Å². The Morgan fingerprint density at radius 3 is 2.80 bits per heavy atom. The van der Waals surface area contributed by atoms with Gasteiger partial charge in [0.15, 0.2) is 11.5 Å². The van der Waals surface area contributed by atoms with E-state index in [9.17, 15) is 9.90 Å². The van der Waals surface area contributed by atoms with E-state index in [0.29, 0.717) is 18.1 Å². The number of amides is 1. The molecular formula is C19H29N3O3. The largest absolute Gasteiger partial charge is 0.491 e. The van der Waals surface area contributed by atoms with Crippen LogP contribution in [-0.2, 0) is 9.53 Å². The van der Waals surface area contributed by atoms with Crippen LogP contribution in [0.25, 0.3) is 0 Å². The van der Waals surface area contributed by atoms with E-state index in [0.717, 1.165) is 31.3 Å². The van der Waals surface area contributed by atoms with Crippen molar-refractivity contribution in [1.29, 1.82) is 5.41 Å². The van der Waals surface area contributed by atoms with Gasteiger partial charge in [0.1, 0.15) is 12.4 Å². The van der Waals surface area contributed by atoms with E-state index >= 15 is 0 Å². The minimum atomic E-state index is -0.848. The van der Waals surface area contributed by atoms with E-state index in [1.165, 1.54) is 24.2 Å². The number of rotatable bonds is 6. The highest BCUT2D eigenvalue weighted by atomic mass is 16.5. The van der Waals surface area contributed by atoms with Crippen LogP contribution < -0.4 is 5.32 Å². The predicted molar refractivity (Wildman–Crippen MR) is 96.0 cm³/mol. The molecule has 3 rings (SSSR count). The van der Waals surface area contributed by atoms with Crippen molar-refractivity contribution in [3.63, 3.8) is 0 Å². The van der Waals surface area contributed by atoms with Crippen LogP contribution in [0.2, 0.25) is 0 Å². The van der Waals surface area contributed by atoms with E-state index in [4.69, 9.17) is 10.1 Å². The number of ether oxygens (including phenoxy) is 1. The van der Waals surface area contributed by atoms with Gasteiger partial charge >= 0.3 is 0 Å². The number of carbonyl (C=O) groups is 1. The SMILES string of the molecule is CN1C(=N)NC(COC2=CCCC(CO)=C2)(CC2CCCCC2)C1=O. The number of allylic oxidation sites excluding steroid dienone is 2. The fourth-order valence-corrected chi connectivity index (χ4v) is 4.13. The lowest BCUT2D eigenvalue weighted by molar-refractivity contribution is -0.132. The molecule has 3 N–H and O–H groups in total. The lowest BCUT2D eigenvalue weighted by Gasteiger charge is -2.33. The lowest BCUT2D eigenvalue weighted by Crippen LogP contribution is -2.52. The first-order chi connectivity index (χ1) is 12.0. The molecule has 0 bridgehead atoms. The molecule has 1 amide bonds. The van der Waals surface area contributed by atoms with Gasteiger partial charge < -0.3 is 15.2 Å². The summed E-state index contributed by atoms with van der Waals surface area (Å²) in [7, 11) is 1.64. The van der Waals surface area contributed by atoms with Crippen molar-refractivity contribution >= 4 is 11.9 Å². The van der Waals surface area contributed by atoms with Crippen LogP contribution in [-0.4, -0.2) is 47.7 Å². The summed E-state index contributed by atoms with van der Waals surface area (Å²) in [5, 5.41) is 20.5. The molecule has 0 aromatic rings. The van der Waals surface area contributed by atoms with E-state index in [1.807, 2.05) is 12.2 Å². The average molecular weight is 347 g/mol. The van der Waals surface area contributed by atoms with Crippen LogP contribution in [0.5, 0.6) is 0 Å². The van der Waals surface area contributed by atoms with Crippen molar-refractivity contribution in [1.82, 2.24) is 10.2 Å². The Bertz CT molecular complexity index is 593. The van der Waals surface area contributed by atoms with Crippen molar-refractivity contribution in [2.24, 2.45) is 5.92 Å². The normalized spacial score (nSPS) is 27.8. The summed E-state index contributed by atoms with van der Waals surface area (Å²) in [6.07, 6.45) is 12.3. The van der Waals surface area contributed by atoms with Gasteiger partial charge in [0.2, 0.25) is 0 Å². The number of carbonyl (C=O) groups excluding carboxylic acids is 1. The fourth-order valence-electron chi connectivity index (χ4n) is 4.13. The maximum atomic E-state index is 12.9. The predicted octanol–water partition coefficient (Wildman–Crippen LogP) is 2.30. The zero-order valence-corrected chi connectivity index (χ0v) is 15.0. The first-order valence-electron chi connectivity index (χ1n) is 9.32. The van der Waals surface area contributed by atoms with Gasteiger partial charge in [-0.3, -0.25) is 15.1 Å². The molecule has 1 saturated carbocycles. The van der Waals surface area contributed by atoms with Gasteiger partial charge in [0.25, 0.3) is 5.91 Å². The molecule has 1 heterocycles. The first kappa shape index (κ1) is 18.0. The highest BCUT2D eigenvalue weighted by molar-refractivity contribution is 6.07. The van der Waals surface area contributed by atoms with Gasteiger partial charge in [-0.1, -0.05) is 32.1 Å². The summed E-state index contributed by atoms with van der Waals surface area (Å²) < 4.78 is 5.98. The van der Waals surface area contributed by atoms with E-state index in [2.05, 4.69) is 5.32 Å². The number of hydrogen-bond acceptors (Lipinski definition) is 4. The lowest BCUT2D eigenvalue weighted by atomic mass is 9.79. The Morgan fingerprint density at radius 2 is 2.16 bits per heavy atom. The number of aliphatic hydroxyl groups excluding tert-OH is 1. The molecule has 25 heavy (non-hydrogen) atoms. The summed E-state index contributed by atoms with van der Waals surface area (Å²) in [6, 6.07) is 0. The molecule has 1 atom stereocenters. The minimum absolute atomic E-state index is 0.0402. The van der Waals surface area contributed by atoms with Crippen molar-refractivity contribution in [2.45, 2.75) is 56.9 Å². The van der Waals surface area contributed by atoms with Gasteiger partial charge in [-0.25, -0.2) is 0 Å². The van der Waals surface area contributed by atoms with Gasteiger partial charge in [0.05, 0.1) is 6.61 Å². The van der Waals surface area contributed by atoms with Crippen LogP contribution in [0.4, 0.5) is 0 Å². The number of aliphatic hydroxyl groups is 1. The Kier molecular flexibility index (Phi) is 5.47. The number of nitrogens with zero attached hydrogens (tertiary/aromatic N) is 1. The zero-order valence-electron chi connectivity index (χ0n) is 15.0. The Balaban J connectivity index is 1.73. The first-order valence-corrected chi connectivity index (χ1v) is 9.32. The molecule has 0 aromatic heterocycles. The van der Waals surface area contributed by atoms with Crippen LogP contribution in [0.1, 0.15) is 51.4 Å². The standard InChI is InChI=1S/C19H29N3O3/c1-22-17(24)19(21-18(22)20,11-14-6-3-2-4-7-14)13-25-16-9-5-8-15(10-16)12-23/h9-10,14,23H,2-8,11-13H2,1H3,(H2,20,21). The summed E-state index contributed by atoms with van der Waals surface area (Å²) in [6.45, 7) is 0.259. The second-order valence-electron chi connectivity index (χ2n) is 7.52. The molecule has 0 aromatic carbocycles. The smallest absolute Gasteiger partial charge is 0.258 e. The molecule has 2 fully saturated rings. The molecule has 6 heteroatoms. The topological polar surface area (TPSA) is 85.7 Å². The monoisotopic (exact) mass is 347 g/mol. The molecule has 138 valence electrons. The number of guanidine groups is 1. The molecule has 1 unspecified atom stereocenters. The van der Waals surface area contributed by atoms with Crippen molar-refractivity contribution in [2.75, 3.05) is 20.3 Å². The third-order valence-corrected chi connectivity index (χ3v) is 5.61. The Morgan fingerprint density at radius 1 is 1.40 bits per heavy atom. The van der Waals surface area contributed by atoms with Crippen LogP contribution in [0.15, 0.2) is 23.5 Å². The van der Waals surface area contributed by atoms with Crippen LogP contribution in [0.3, 0.4) is 0 Å². The van der Waals surface area contributed by atoms with Gasteiger partial charge in [-0.2, -0.15) is 0 Å². The Hall–Kier alpha value is -1.82. The molecule has 0 spiro atoms. The highest BCUT2D eigenvalue weighted by Crippen LogP contribution is 2.34. The maximum absolute atomic E-state index is 12.9. The number of likely N-dealkylation sites (N-methyl/N-ethyl adjacent to an activating group) is 1. The third-order valence-electron chi connectivity index (χ3n) is 5.61. The number of hydrogen-bond donors (Lipinski definition) is 3. The molecule has 1 aliphatic heterocycles. The Labute approximate surface area is 149 Å². The molecule has 2 aliphatic carbocycles. The van der Waals surface area contributed by atoms with E-state index < -0.39 is 5.54 Å². The van der Waals surface area contributed by atoms with Crippen molar-refractivity contribution < 1.29 is 14.6 Å². The van der Waals surface area contributed by atoms with Crippen molar-refractivity contribution in [3.05, 3.63) is 23.5 Å². The molecule has 6 nitrogen and oxygen atoms in total. The van der Waals surface area contributed by atoms with Gasteiger partial charge in [-0.05, 0) is 42.9 Å². The van der Waals surface area contributed by atoms with Crippen molar-refractivity contribution in [3.8, 4) is 0 Å². The summed E-state index contributed by atoms with van der Waals surface area (Å²) in [5.41, 5.74) is 0.105. The van der Waals surface area contributed by atoms with E-state index in [1.54, 1.807) is 7.05 Å². The van der Waals surface area contributed by atoms with E-state index in [-0.39, 0.29) is 25.1 Å². The molecule has 3 aliphatic rings. The number of nitrogens with one attached hydrogen (secondary N) is 2. The van der Waals surface area contributed by atoms with Gasteiger partial charge in [0, 0.05) is 7.05 Å². The summed E-state index contributed by atoms with van der Waals surface area (Å²) in [4.78, 5) is 14.3. The molecular weight excluding hydrogens is 318 g/mol.